The van der Waals surface area contributed by atoms with E-state index in [1.165, 1.54) is 6.92 Å². The second-order valence-corrected chi connectivity index (χ2v) is 4.46. The maximum atomic E-state index is 10.8. The third kappa shape index (κ3) is 3.09. The summed E-state index contributed by atoms with van der Waals surface area (Å²) in [7, 11) is 0. The van der Waals surface area contributed by atoms with Crippen molar-refractivity contribution in [3.63, 3.8) is 0 Å². The largest absolute Gasteiger partial charge is 0.480 e. The van der Waals surface area contributed by atoms with Gasteiger partial charge in [0.05, 0.1) is 10.0 Å². The molecular formula is C10H11Cl2NO2. The molecule has 3 N–H and O–H groups in total. The molecule has 0 saturated heterocycles. The number of rotatable bonds is 3. The number of benzene rings is 1. The fourth-order valence-electron chi connectivity index (χ4n) is 1.15. The second kappa shape index (κ2) is 4.39. The Morgan fingerprint density at radius 3 is 2.53 bits per heavy atom. The molecule has 0 saturated carbocycles. The van der Waals surface area contributed by atoms with Crippen molar-refractivity contribution in [3.05, 3.63) is 33.8 Å². The summed E-state index contributed by atoms with van der Waals surface area (Å²) in [5.74, 6) is -1.05. The summed E-state index contributed by atoms with van der Waals surface area (Å²) in [5, 5.41) is 9.68. The Kier molecular flexibility index (Phi) is 3.60. The molecule has 0 heterocycles. The summed E-state index contributed by atoms with van der Waals surface area (Å²) in [5.41, 5.74) is 5.06. The number of halogens is 2. The SMILES string of the molecule is C[C@](N)(Cc1ccc(Cl)c(Cl)c1)C(=O)O. The van der Waals surface area contributed by atoms with Crippen LogP contribution < -0.4 is 5.73 Å². The van der Waals surface area contributed by atoms with Crippen molar-refractivity contribution >= 4 is 29.2 Å². The number of nitrogens with two attached hydrogens (primary N) is 1. The molecule has 1 aromatic rings. The first kappa shape index (κ1) is 12.3. The third-order valence-corrected chi connectivity index (χ3v) is 2.78. The number of carboxylic acid groups (broad SMARTS) is 1. The van der Waals surface area contributed by atoms with Crippen molar-refractivity contribution in [1.29, 1.82) is 0 Å². The minimum Gasteiger partial charge on any atom is -0.480 e. The zero-order valence-corrected chi connectivity index (χ0v) is 9.64. The molecule has 0 bridgehead atoms. The molecule has 0 spiro atoms. The minimum atomic E-state index is -1.29. The maximum Gasteiger partial charge on any atom is 0.323 e. The van der Waals surface area contributed by atoms with Crippen molar-refractivity contribution < 1.29 is 9.90 Å². The summed E-state index contributed by atoms with van der Waals surface area (Å²) in [4.78, 5) is 10.8. The summed E-state index contributed by atoms with van der Waals surface area (Å²) in [6, 6.07) is 4.96. The lowest BCUT2D eigenvalue weighted by atomic mass is 9.94. The molecule has 0 aliphatic heterocycles. The monoisotopic (exact) mass is 247 g/mol. The molecule has 15 heavy (non-hydrogen) atoms. The van der Waals surface area contributed by atoms with Gasteiger partial charge in [-0.1, -0.05) is 29.3 Å². The van der Waals surface area contributed by atoms with Crippen LogP contribution in [0.5, 0.6) is 0 Å². The van der Waals surface area contributed by atoms with E-state index in [1.807, 2.05) is 0 Å². The average molecular weight is 248 g/mol. The van der Waals surface area contributed by atoms with Crippen LogP contribution in [0.4, 0.5) is 0 Å². The first-order valence-corrected chi connectivity index (χ1v) is 5.05. The van der Waals surface area contributed by atoms with Crippen LogP contribution in [0.15, 0.2) is 18.2 Å². The lowest BCUT2D eigenvalue weighted by molar-refractivity contribution is -0.142. The van der Waals surface area contributed by atoms with Gasteiger partial charge in [0.2, 0.25) is 0 Å². The quantitative estimate of drug-likeness (QED) is 0.862. The van der Waals surface area contributed by atoms with Gasteiger partial charge in [-0.25, -0.2) is 0 Å². The van der Waals surface area contributed by atoms with Crippen molar-refractivity contribution in [2.24, 2.45) is 5.73 Å². The van der Waals surface area contributed by atoms with E-state index in [0.717, 1.165) is 5.56 Å². The summed E-state index contributed by atoms with van der Waals surface area (Å²) in [6.07, 6.45) is 0.208. The maximum absolute atomic E-state index is 10.8. The van der Waals surface area contributed by atoms with Gasteiger partial charge in [-0.05, 0) is 24.6 Å². The zero-order chi connectivity index (χ0) is 11.6. The van der Waals surface area contributed by atoms with Crippen LogP contribution in [0.2, 0.25) is 10.0 Å². The Balaban J connectivity index is 2.91. The highest BCUT2D eigenvalue weighted by Gasteiger charge is 2.28. The zero-order valence-electron chi connectivity index (χ0n) is 8.13. The normalized spacial score (nSPS) is 14.7. The second-order valence-electron chi connectivity index (χ2n) is 3.65. The molecule has 3 nitrogen and oxygen atoms in total. The van der Waals surface area contributed by atoms with Crippen LogP contribution in [-0.2, 0) is 11.2 Å². The number of carbonyl (C=O) groups is 1. The van der Waals surface area contributed by atoms with Gasteiger partial charge in [0.1, 0.15) is 5.54 Å². The van der Waals surface area contributed by atoms with Crippen LogP contribution in [0, 0.1) is 0 Å². The van der Waals surface area contributed by atoms with Gasteiger partial charge >= 0.3 is 5.97 Å². The molecule has 1 rings (SSSR count). The van der Waals surface area contributed by atoms with E-state index < -0.39 is 11.5 Å². The van der Waals surface area contributed by atoms with Crippen molar-refractivity contribution in [1.82, 2.24) is 0 Å². The Morgan fingerprint density at radius 2 is 2.07 bits per heavy atom. The highest BCUT2D eigenvalue weighted by atomic mass is 35.5. The van der Waals surface area contributed by atoms with Crippen LogP contribution in [0.1, 0.15) is 12.5 Å². The highest BCUT2D eigenvalue weighted by molar-refractivity contribution is 6.42. The number of carboxylic acids is 1. The van der Waals surface area contributed by atoms with Gasteiger partial charge in [-0.3, -0.25) is 4.79 Å². The summed E-state index contributed by atoms with van der Waals surface area (Å²) < 4.78 is 0. The standard InChI is InChI=1S/C10H11Cl2NO2/c1-10(13,9(14)15)5-6-2-3-7(11)8(12)4-6/h2-4H,5,13H2,1H3,(H,14,15)/t10-/m0/s1. The molecule has 0 fully saturated rings. The molecule has 0 unspecified atom stereocenters. The van der Waals surface area contributed by atoms with E-state index in [-0.39, 0.29) is 6.42 Å². The molecular weight excluding hydrogens is 237 g/mol. The Labute approximate surface area is 97.8 Å². The van der Waals surface area contributed by atoms with E-state index in [2.05, 4.69) is 0 Å². The Morgan fingerprint density at radius 1 is 1.47 bits per heavy atom. The van der Waals surface area contributed by atoms with E-state index in [1.54, 1.807) is 18.2 Å². The van der Waals surface area contributed by atoms with Crippen molar-refractivity contribution in [2.75, 3.05) is 0 Å². The molecule has 0 amide bonds. The molecule has 82 valence electrons. The summed E-state index contributed by atoms with van der Waals surface area (Å²) in [6.45, 7) is 1.46. The topological polar surface area (TPSA) is 63.3 Å². The van der Waals surface area contributed by atoms with Gasteiger partial charge in [0.15, 0.2) is 0 Å². The Hall–Kier alpha value is -0.770. The van der Waals surface area contributed by atoms with E-state index >= 15 is 0 Å². The molecule has 1 atom stereocenters. The smallest absolute Gasteiger partial charge is 0.323 e. The predicted octanol–water partition coefficient (Wildman–Crippen LogP) is 2.34. The van der Waals surface area contributed by atoms with Crippen LogP contribution in [0.25, 0.3) is 0 Å². The molecule has 0 radical (unpaired) electrons. The van der Waals surface area contributed by atoms with Crippen molar-refractivity contribution in [2.45, 2.75) is 18.9 Å². The van der Waals surface area contributed by atoms with Crippen LogP contribution >= 0.6 is 23.2 Å². The first-order valence-electron chi connectivity index (χ1n) is 4.29. The van der Waals surface area contributed by atoms with E-state index in [9.17, 15) is 4.79 Å². The van der Waals surface area contributed by atoms with Crippen LogP contribution in [-0.4, -0.2) is 16.6 Å². The number of hydrogen-bond acceptors (Lipinski definition) is 2. The molecule has 1 aromatic carbocycles. The van der Waals surface area contributed by atoms with Gasteiger partial charge < -0.3 is 10.8 Å². The minimum absolute atomic E-state index is 0.208. The van der Waals surface area contributed by atoms with Gasteiger partial charge in [0, 0.05) is 6.42 Å². The first-order chi connectivity index (χ1) is 6.83. The molecule has 0 aliphatic carbocycles. The molecule has 0 aliphatic rings. The highest BCUT2D eigenvalue weighted by Crippen LogP contribution is 2.24. The summed E-state index contributed by atoms with van der Waals surface area (Å²) >= 11 is 11.5. The molecule has 5 heteroatoms. The number of hydrogen-bond donors (Lipinski definition) is 2. The van der Waals surface area contributed by atoms with Crippen molar-refractivity contribution in [3.8, 4) is 0 Å². The third-order valence-electron chi connectivity index (χ3n) is 2.04. The lowest BCUT2D eigenvalue weighted by Gasteiger charge is -2.19. The fraction of sp³-hybridized carbons (Fsp3) is 0.300. The lowest BCUT2D eigenvalue weighted by Crippen LogP contribution is -2.46. The average Bonchev–Trinajstić information content (AvgIpc) is 2.10. The predicted molar refractivity (Wildman–Crippen MR) is 60.4 cm³/mol. The van der Waals surface area contributed by atoms with Gasteiger partial charge in [-0.2, -0.15) is 0 Å². The van der Waals surface area contributed by atoms with Gasteiger partial charge in [0.25, 0.3) is 0 Å². The van der Waals surface area contributed by atoms with Gasteiger partial charge in [-0.15, -0.1) is 0 Å². The van der Waals surface area contributed by atoms with E-state index in [0.29, 0.717) is 10.0 Å². The fourth-order valence-corrected chi connectivity index (χ4v) is 1.47. The number of aliphatic carboxylic acids is 1. The van der Waals surface area contributed by atoms with E-state index in [4.69, 9.17) is 34.0 Å². The Bertz CT molecular complexity index is 391. The van der Waals surface area contributed by atoms with Crippen LogP contribution in [0.3, 0.4) is 0 Å². The molecule has 0 aromatic heterocycles.